The summed E-state index contributed by atoms with van der Waals surface area (Å²) < 4.78 is 1.67. The number of amides is 1. The number of carbonyl (C=O) groups excluding carboxylic acids is 1. The van der Waals surface area contributed by atoms with Crippen molar-refractivity contribution in [1.82, 2.24) is 25.5 Å². The van der Waals surface area contributed by atoms with Crippen molar-refractivity contribution >= 4 is 17.7 Å². The molecule has 0 fully saturated rings. The summed E-state index contributed by atoms with van der Waals surface area (Å²) in [7, 11) is 0. The van der Waals surface area contributed by atoms with Crippen molar-refractivity contribution < 1.29 is 4.79 Å². The van der Waals surface area contributed by atoms with E-state index in [1.165, 1.54) is 28.5 Å². The summed E-state index contributed by atoms with van der Waals surface area (Å²) in [6.45, 7) is 10.5. The number of carbonyl (C=O) groups is 1. The van der Waals surface area contributed by atoms with Gasteiger partial charge in [0.15, 0.2) is 0 Å². The van der Waals surface area contributed by atoms with Crippen molar-refractivity contribution in [1.29, 1.82) is 0 Å². The fourth-order valence-electron chi connectivity index (χ4n) is 3.20. The molecule has 1 heterocycles. The van der Waals surface area contributed by atoms with Crippen molar-refractivity contribution in [3.05, 3.63) is 64.7 Å². The van der Waals surface area contributed by atoms with Crippen molar-refractivity contribution in [2.24, 2.45) is 5.92 Å². The third-order valence-corrected chi connectivity index (χ3v) is 5.93. The Morgan fingerprint density at radius 1 is 1.07 bits per heavy atom. The lowest BCUT2D eigenvalue weighted by atomic mass is 10.00. The molecule has 1 atom stereocenters. The third-order valence-electron chi connectivity index (χ3n) is 5.01. The Bertz CT molecular complexity index is 997. The van der Waals surface area contributed by atoms with E-state index in [0.717, 1.165) is 17.7 Å². The van der Waals surface area contributed by atoms with Crippen LogP contribution in [-0.2, 0) is 11.2 Å². The first-order valence-corrected chi connectivity index (χ1v) is 11.2. The van der Waals surface area contributed by atoms with Gasteiger partial charge in [-0.3, -0.25) is 4.79 Å². The molecule has 0 spiro atoms. The van der Waals surface area contributed by atoms with E-state index in [1.807, 2.05) is 25.1 Å². The number of rotatable bonds is 8. The van der Waals surface area contributed by atoms with Gasteiger partial charge in [0.05, 0.1) is 17.5 Å². The summed E-state index contributed by atoms with van der Waals surface area (Å²) >= 11 is 1.33. The van der Waals surface area contributed by atoms with Crippen molar-refractivity contribution in [3.63, 3.8) is 0 Å². The van der Waals surface area contributed by atoms with E-state index in [2.05, 4.69) is 72.8 Å². The molecule has 1 aromatic heterocycles. The van der Waals surface area contributed by atoms with E-state index in [4.69, 9.17) is 0 Å². The van der Waals surface area contributed by atoms with Crippen LogP contribution >= 0.6 is 11.8 Å². The summed E-state index contributed by atoms with van der Waals surface area (Å²) in [5.41, 5.74) is 5.69. The van der Waals surface area contributed by atoms with Gasteiger partial charge >= 0.3 is 0 Å². The highest BCUT2D eigenvalue weighted by atomic mass is 32.2. The van der Waals surface area contributed by atoms with E-state index < -0.39 is 0 Å². The van der Waals surface area contributed by atoms with Gasteiger partial charge in [0.1, 0.15) is 0 Å². The Kier molecular flexibility index (Phi) is 7.26. The van der Waals surface area contributed by atoms with Crippen molar-refractivity contribution in [3.8, 4) is 5.69 Å². The zero-order chi connectivity index (χ0) is 21.7. The fourth-order valence-corrected chi connectivity index (χ4v) is 3.90. The Balaban J connectivity index is 1.57. The summed E-state index contributed by atoms with van der Waals surface area (Å²) in [5.74, 6) is 0.833. The van der Waals surface area contributed by atoms with Crippen LogP contribution in [0.1, 0.15) is 49.1 Å². The summed E-state index contributed by atoms with van der Waals surface area (Å²) in [6.07, 6.45) is 1.06. The van der Waals surface area contributed by atoms with E-state index in [-0.39, 0.29) is 17.7 Å². The Hall–Kier alpha value is -2.67. The van der Waals surface area contributed by atoms with Gasteiger partial charge in [0.2, 0.25) is 11.1 Å². The highest BCUT2D eigenvalue weighted by Gasteiger charge is 2.14. The molecule has 6 nitrogen and oxygen atoms in total. The number of benzene rings is 2. The molecular weight excluding hydrogens is 394 g/mol. The molecule has 0 unspecified atom stereocenters. The number of nitrogens with one attached hydrogen (secondary N) is 1. The Morgan fingerprint density at radius 3 is 2.47 bits per heavy atom. The molecule has 0 radical (unpaired) electrons. The normalized spacial score (nSPS) is 12.2. The predicted octanol–water partition coefficient (Wildman–Crippen LogP) is 4.45. The molecule has 1 N–H and O–H groups in total. The smallest absolute Gasteiger partial charge is 0.230 e. The summed E-state index contributed by atoms with van der Waals surface area (Å²) in [5, 5.41) is 15.6. The standard InChI is InChI=1S/C23H29N5OS/c1-15(2)12-19-7-9-20(10-8-19)18(5)24-22(29)14-30-23-25-26-27-28(23)21-11-6-16(3)17(4)13-21/h6-11,13,15,18H,12,14H2,1-5H3,(H,24,29)/t18-/m0/s1. The average Bonchev–Trinajstić information content (AvgIpc) is 3.17. The van der Waals surface area contributed by atoms with E-state index in [0.29, 0.717) is 11.1 Å². The van der Waals surface area contributed by atoms with Crippen LogP contribution in [0, 0.1) is 19.8 Å². The summed E-state index contributed by atoms with van der Waals surface area (Å²) in [4.78, 5) is 12.5. The second-order valence-electron chi connectivity index (χ2n) is 8.06. The van der Waals surface area contributed by atoms with Gasteiger partial charge in [-0.25, -0.2) is 0 Å². The van der Waals surface area contributed by atoms with Gasteiger partial charge in [-0.05, 0) is 77.9 Å². The van der Waals surface area contributed by atoms with Gasteiger partial charge in [0.25, 0.3) is 0 Å². The van der Waals surface area contributed by atoms with Crippen molar-refractivity contribution in [2.75, 3.05) is 5.75 Å². The topological polar surface area (TPSA) is 72.7 Å². The van der Waals surface area contributed by atoms with Gasteiger partial charge in [0, 0.05) is 0 Å². The second kappa shape index (κ2) is 9.89. The number of thioether (sulfide) groups is 1. The molecule has 1 amide bonds. The number of hydrogen-bond donors (Lipinski definition) is 1. The maximum Gasteiger partial charge on any atom is 0.230 e. The largest absolute Gasteiger partial charge is 0.349 e. The zero-order valence-electron chi connectivity index (χ0n) is 18.2. The molecule has 0 aliphatic carbocycles. The van der Waals surface area contributed by atoms with E-state index in [9.17, 15) is 4.79 Å². The number of nitrogens with zero attached hydrogens (tertiary/aromatic N) is 4. The van der Waals surface area contributed by atoms with Crippen LogP contribution in [0.5, 0.6) is 0 Å². The molecule has 3 aromatic rings. The van der Waals surface area contributed by atoms with Crippen LogP contribution in [0.4, 0.5) is 0 Å². The minimum atomic E-state index is -0.0538. The molecule has 158 valence electrons. The monoisotopic (exact) mass is 423 g/mol. The lowest BCUT2D eigenvalue weighted by Crippen LogP contribution is -2.28. The molecule has 3 rings (SSSR count). The molecule has 30 heavy (non-hydrogen) atoms. The number of aryl methyl sites for hydroxylation is 2. The number of tetrazole rings is 1. The Labute approximate surface area is 182 Å². The van der Waals surface area contributed by atoms with Crippen molar-refractivity contribution in [2.45, 2.75) is 52.2 Å². The maximum atomic E-state index is 12.5. The third kappa shape index (κ3) is 5.69. The minimum absolute atomic E-state index is 0.0478. The summed E-state index contributed by atoms with van der Waals surface area (Å²) in [6, 6.07) is 14.5. The van der Waals surface area contributed by atoms with Crippen LogP contribution in [0.3, 0.4) is 0 Å². The zero-order valence-corrected chi connectivity index (χ0v) is 19.0. The molecule has 0 aliphatic heterocycles. The maximum absolute atomic E-state index is 12.5. The SMILES string of the molecule is Cc1ccc(-n2nnnc2SCC(=O)N[C@@H](C)c2ccc(CC(C)C)cc2)cc1C. The first-order chi connectivity index (χ1) is 14.3. The quantitative estimate of drug-likeness (QED) is 0.542. The molecular formula is C23H29N5OS. The minimum Gasteiger partial charge on any atom is -0.349 e. The number of aromatic nitrogens is 4. The van der Waals surface area contributed by atoms with Crippen LogP contribution in [0.15, 0.2) is 47.6 Å². The predicted molar refractivity (Wildman–Crippen MR) is 121 cm³/mol. The second-order valence-corrected chi connectivity index (χ2v) is 9.00. The molecule has 2 aromatic carbocycles. The molecule has 7 heteroatoms. The first-order valence-electron chi connectivity index (χ1n) is 10.2. The molecule has 0 bridgehead atoms. The van der Waals surface area contributed by atoms with Crippen LogP contribution in [0.25, 0.3) is 5.69 Å². The van der Waals surface area contributed by atoms with Crippen LogP contribution in [0.2, 0.25) is 0 Å². The van der Waals surface area contributed by atoms with Gasteiger partial charge in [-0.1, -0.05) is 55.9 Å². The molecule has 0 saturated heterocycles. The lowest BCUT2D eigenvalue weighted by molar-refractivity contribution is -0.119. The number of hydrogen-bond acceptors (Lipinski definition) is 5. The van der Waals surface area contributed by atoms with Crippen LogP contribution < -0.4 is 5.32 Å². The first kappa shape index (κ1) is 22.0. The lowest BCUT2D eigenvalue weighted by Gasteiger charge is -2.15. The average molecular weight is 424 g/mol. The van der Waals surface area contributed by atoms with E-state index >= 15 is 0 Å². The molecule has 0 aliphatic rings. The highest BCUT2D eigenvalue weighted by molar-refractivity contribution is 7.99. The van der Waals surface area contributed by atoms with Gasteiger partial charge < -0.3 is 5.32 Å². The Morgan fingerprint density at radius 2 is 1.80 bits per heavy atom. The van der Waals surface area contributed by atoms with Crippen LogP contribution in [-0.4, -0.2) is 31.9 Å². The highest BCUT2D eigenvalue weighted by Crippen LogP contribution is 2.21. The fraction of sp³-hybridized carbons (Fsp3) is 0.391. The van der Waals surface area contributed by atoms with E-state index in [1.54, 1.807) is 4.68 Å². The molecule has 0 saturated carbocycles. The van der Waals surface area contributed by atoms with Gasteiger partial charge in [-0.2, -0.15) is 4.68 Å². The van der Waals surface area contributed by atoms with Gasteiger partial charge in [-0.15, -0.1) is 5.10 Å².